The zero-order valence-corrected chi connectivity index (χ0v) is 11.2. The molecular formula is C16H18FNO. The molecule has 0 atom stereocenters. The topological polar surface area (TPSA) is 21.3 Å². The van der Waals surface area contributed by atoms with Crippen LogP contribution in [-0.2, 0) is 13.2 Å². The van der Waals surface area contributed by atoms with Gasteiger partial charge in [0.15, 0.2) is 11.6 Å². The summed E-state index contributed by atoms with van der Waals surface area (Å²) >= 11 is 0. The molecule has 0 amide bonds. The quantitative estimate of drug-likeness (QED) is 0.888. The Morgan fingerprint density at radius 3 is 2.53 bits per heavy atom. The van der Waals surface area contributed by atoms with Crippen molar-refractivity contribution in [3.63, 3.8) is 0 Å². The Bertz CT molecular complexity index is 554. The van der Waals surface area contributed by atoms with Crippen molar-refractivity contribution in [2.24, 2.45) is 0 Å². The van der Waals surface area contributed by atoms with Gasteiger partial charge in [0.05, 0.1) is 0 Å². The summed E-state index contributed by atoms with van der Waals surface area (Å²) in [5, 5.41) is 3.01. The zero-order valence-electron chi connectivity index (χ0n) is 11.2. The minimum absolute atomic E-state index is 0.318. The molecule has 0 aliphatic rings. The maximum atomic E-state index is 13.8. The third-order valence-corrected chi connectivity index (χ3v) is 3.05. The van der Waals surface area contributed by atoms with Crippen LogP contribution in [0.5, 0.6) is 5.75 Å². The van der Waals surface area contributed by atoms with Crippen LogP contribution in [0.25, 0.3) is 0 Å². The van der Waals surface area contributed by atoms with Gasteiger partial charge in [0, 0.05) is 12.1 Å². The lowest BCUT2D eigenvalue weighted by Gasteiger charge is -2.13. The standard InChI is InChI=1S/C16H18FNO/c1-12-6-3-4-7-14(12)11-19-16-13(10-18-2)8-5-9-15(16)17/h3-9,18H,10-11H2,1-2H3. The smallest absolute Gasteiger partial charge is 0.165 e. The molecule has 0 aromatic heterocycles. The highest BCUT2D eigenvalue weighted by molar-refractivity contribution is 5.35. The monoisotopic (exact) mass is 259 g/mol. The average molecular weight is 259 g/mol. The van der Waals surface area contributed by atoms with Crippen molar-refractivity contribution >= 4 is 0 Å². The van der Waals surface area contributed by atoms with E-state index in [1.807, 2.05) is 44.3 Å². The Labute approximate surface area is 113 Å². The van der Waals surface area contributed by atoms with Gasteiger partial charge in [0.2, 0.25) is 0 Å². The molecule has 1 N–H and O–H groups in total. The van der Waals surface area contributed by atoms with Crippen LogP contribution >= 0.6 is 0 Å². The molecule has 2 nitrogen and oxygen atoms in total. The van der Waals surface area contributed by atoms with E-state index in [1.165, 1.54) is 6.07 Å². The predicted molar refractivity (Wildman–Crippen MR) is 74.7 cm³/mol. The van der Waals surface area contributed by atoms with Crippen LogP contribution in [0.3, 0.4) is 0 Å². The van der Waals surface area contributed by atoms with Gasteiger partial charge in [-0.1, -0.05) is 36.4 Å². The molecule has 3 heteroatoms. The highest BCUT2D eigenvalue weighted by Crippen LogP contribution is 2.24. The van der Waals surface area contributed by atoms with E-state index < -0.39 is 0 Å². The summed E-state index contributed by atoms with van der Waals surface area (Å²) in [6.07, 6.45) is 0. The fourth-order valence-corrected chi connectivity index (χ4v) is 1.97. The lowest BCUT2D eigenvalue weighted by Crippen LogP contribution is -2.09. The first-order valence-corrected chi connectivity index (χ1v) is 6.31. The van der Waals surface area contributed by atoms with Gasteiger partial charge >= 0.3 is 0 Å². The summed E-state index contributed by atoms with van der Waals surface area (Å²) < 4.78 is 19.5. The van der Waals surface area contributed by atoms with Gasteiger partial charge < -0.3 is 10.1 Å². The first kappa shape index (κ1) is 13.6. The van der Waals surface area contributed by atoms with Crippen LogP contribution in [0.15, 0.2) is 42.5 Å². The van der Waals surface area contributed by atoms with Crippen molar-refractivity contribution in [3.05, 3.63) is 65.0 Å². The zero-order chi connectivity index (χ0) is 13.7. The van der Waals surface area contributed by atoms with Crippen molar-refractivity contribution in [2.75, 3.05) is 7.05 Å². The third kappa shape index (κ3) is 3.32. The highest BCUT2D eigenvalue weighted by atomic mass is 19.1. The highest BCUT2D eigenvalue weighted by Gasteiger charge is 2.09. The Balaban J connectivity index is 2.17. The van der Waals surface area contributed by atoms with Crippen molar-refractivity contribution in [1.82, 2.24) is 5.32 Å². The molecule has 0 saturated carbocycles. The Morgan fingerprint density at radius 1 is 1.05 bits per heavy atom. The summed E-state index contributed by atoms with van der Waals surface area (Å²) in [6, 6.07) is 12.9. The van der Waals surface area contributed by atoms with Gasteiger partial charge in [-0.05, 0) is 31.2 Å². The minimum atomic E-state index is -0.318. The second-order valence-corrected chi connectivity index (χ2v) is 4.47. The van der Waals surface area contributed by atoms with Gasteiger partial charge in [-0.15, -0.1) is 0 Å². The van der Waals surface area contributed by atoms with Gasteiger partial charge in [-0.2, -0.15) is 0 Å². The molecule has 2 aromatic carbocycles. The van der Waals surface area contributed by atoms with Crippen molar-refractivity contribution < 1.29 is 9.13 Å². The average Bonchev–Trinajstić information content (AvgIpc) is 2.40. The minimum Gasteiger partial charge on any atom is -0.485 e. The summed E-state index contributed by atoms with van der Waals surface area (Å²) in [6.45, 7) is 2.99. The molecule has 100 valence electrons. The van der Waals surface area contributed by atoms with Crippen LogP contribution < -0.4 is 10.1 Å². The summed E-state index contributed by atoms with van der Waals surface area (Å²) in [7, 11) is 1.83. The van der Waals surface area contributed by atoms with Crippen molar-refractivity contribution in [2.45, 2.75) is 20.1 Å². The molecule has 19 heavy (non-hydrogen) atoms. The third-order valence-electron chi connectivity index (χ3n) is 3.05. The molecule has 2 rings (SSSR count). The van der Waals surface area contributed by atoms with Crippen LogP contribution in [0, 0.1) is 12.7 Å². The second kappa shape index (κ2) is 6.34. The molecular weight excluding hydrogens is 241 g/mol. The van der Waals surface area contributed by atoms with Crippen LogP contribution in [0.1, 0.15) is 16.7 Å². The molecule has 2 aromatic rings. The summed E-state index contributed by atoms with van der Waals surface area (Å²) in [5.74, 6) is 0.0152. The van der Waals surface area contributed by atoms with E-state index in [0.717, 1.165) is 16.7 Å². The van der Waals surface area contributed by atoms with Gasteiger partial charge in [-0.3, -0.25) is 0 Å². The van der Waals surface area contributed by atoms with E-state index in [9.17, 15) is 4.39 Å². The summed E-state index contributed by atoms with van der Waals surface area (Å²) in [5.41, 5.74) is 3.05. The lowest BCUT2D eigenvalue weighted by molar-refractivity contribution is 0.285. The summed E-state index contributed by atoms with van der Waals surface area (Å²) in [4.78, 5) is 0. The number of nitrogens with one attached hydrogen (secondary N) is 1. The van der Waals surface area contributed by atoms with E-state index >= 15 is 0 Å². The maximum absolute atomic E-state index is 13.8. The second-order valence-electron chi connectivity index (χ2n) is 4.47. The fraction of sp³-hybridized carbons (Fsp3) is 0.250. The van der Waals surface area contributed by atoms with Gasteiger partial charge in [-0.25, -0.2) is 4.39 Å². The number of benzene rings is 2. The normalized spacial score (nSPS) is 10.5. The molecule has 0 heterocycles. The van der Waals surface area contributed by atoms with Crippen molar-refractivity contribution in [1.29, 1.82) is 0 Å². The van der Waals surface area contributed by atoms with Crippen LogP contribution in [0.4, 0.5) is 4.39 Å². The molecule has 0 spiro atoms. The van der Waals surface area contributed by atoms with Crippen LogP contribution in [0.2, 0.25) is 0 Å². The van der Waals surface area contributed by atoms with Crippen LogP contribution in [-0.4, -0.2) is 7.05 Å². The van der Waals surface area contributed by atoms with E-state index in [-0.39, 0.29) is 5.82 Å². The number of aryl methyl sites for hydroxylation is 1. The lowest BCUT2D eigenvalue weighted by atomic mass is 10.1. The Kier molecular flexibility index (Phi) is 4.53. The van der Waals surface area contributed by atoms with Gasteiger partial charge in [0.25, 0.3) is 0 Å². The number of rotatable bonds is 5. The predicted octanol–water partition coefficient (Wildman–Crippen LogP) is 3.43. The SMILES string of the molecule is CNCc1cccc(F)c1OCc1ccccc1C. The number of hydrogen-bond acceptors (Lipinski definition) is 2. The maximum Gasteiger partial charge on any atom is 0.165 e. The molecule has 0 fully saturated rings. The number of para-hydroxylation sites is 1. The molecule has 0 aliphatic heterocycles. The Morgan fingerprint density at radius 2 is 1.79 bits per heavy atom. The van der Waals surface area contributed by atoms with E-state index in [2.05, 4.69) is 5.32 Å². The molecule has 0 bridgehead atoms. The van der Waals surface area contributed by atoms with E-state index in [1.54, 1.807) is 6.07 Å². The molecule has 0 radical (unpaired) electrons. The number of ether oxygens (including phenoxy) is 1. The first-order valence-electron chi connectivity index (χ1n) is 6.31. The molecule has 0 unspecified atom stereocenters. The first-order chi connectivity index (χ1) is 9.22. The molecule has 0 saturated heterocycles. The van der Waals surface area contributed by atoms with E-state index in [0.29, 0.717) is 18.9 Å². The number of hydrogen-bond donors (Lipinski definition) is 1. The van der Waals surface area contributed by atoms with E-state index in [4.69, 9.17) is 4.74 Å². The fourth-order valence-electron chi connectivity index (χ4n) is 1.97. The number of halogens is 1. The van der Waals surface area contributed by atoms with Crippen molar-refractivity contribution in [3.8, 4) is 5.75 Å². The Hall–Kier alpha value is -1.87. The largest absolute Gasteiger partial charge is 0.485 e. The molecule has 0 aliphatic carbocycles. The van der Waals surface area contributed by atoms with Gasteiger partial charge in [0.1, 0.15) is 6.61 Å².